The second-order valence-corrected chi connectivity index (χ2v) is 7.30. The summed E-state index contributed by atoms with van der Waals surface area (Å²) in [6, 6.07) is 0. The van der Waals surface area contributed by atoms with Gasteiger partial charge in [-0.05, 0) is 0 Å². The standard InChI is InChI=1S/3Cr.3O3Si.12O.3Pb/c;;;3*1-4(2)3;;;;;;;;;;;;;;;/q;;;3*-2;;;;;;;6*-1;3*+2. The molecule has 0 rings (SSSR count). The van der Waals surface area contributed by atoms with Crippen LogP contribution in [0.15, 0.2) is 0 Å². The van der Waals surface area contributed by atoms with Crippen LogP contribution in [0.4, 0.5) is 0 Å². The van der Waals surface area contributed by atoms with E-state index in [4.69, 9.17) is 89.9 Å². The Morgan fingerprint density at radius 3 is 0.367 bits per heavy atom. The van der Waals surface area contributed by atoms with Crippen LogP contribution in [-0.2, 0) is 77.0 Å². The maximum Gasteiger partial charge on any atom is 2.00 e. The third-order valence-electron chi connectivity index (χ3n) is 0. The van der Waals surface area contributed by atoms with Crippen LogP contribution in [0, 0.1) is 0 Å². The van der Waals surface area contributed by atoms with Crippen LogP contribution in [-0.4, -0.2) is 109 Å². The average molecular weight is 1200 g/mol. The molecule has 0 spiro atoms. The molecule has 0 aliphatic carbocycles. The van der Waals surface area contributed by atoms with Crippen LogP contribution in [0.5, 0.6) is 0 Å². The summed E-state index contributed by atoms with van der Waals surface area (Å²) in [5.41, 5.74) is 0. The molecule has 0 aromatic rings. The molecule has 0 aliphatic rings. The molecular formula is Cr3O21Pb3Si3-6. The van der Waals surface area contributed by atoms with Crippen LogP contribution in [0.1, 0.15) is 0 Å². The van der Waals surface area contributed by atoms with Gasteiger partial charge in [-0.2, -0.15) is 0 Å². The maximum atomic E-state index is 8.59. The molecule has 30 heteroatoms. The predicted molar refractivity (Wildman–Crippen MR) is 40.7 cm³/mol. The van der Waals surface area contributed by atoms with Crippen molar-refractivity contribution in [3.63, 3.8) is 0 Å². The molecular weight excluding hydrogens is 1200 g/mol. The quantitative estimate of drug-likeness (QED) is 0.203. The molecule has 0 aromatic carbocycles. The van der Waals surface area contributed by atoms with Gasteiger partial charge in [0.15, 0.2) is 0 Å². The van der Waals surface area contributed by atoms with Crippen LogP contribution in [0.3, 0.4) is 0 Å². The van der Waals surface area contributed by atoms with E-state index in [9.17, 15) is 0 Å². The fourth-order valence-corrected chi connectivity index (χ4v) is 0. The number of hydrogen-bond donors (Lipinski definition) is 0. The summed E-state index contributed by atoms with van der Waals surface area (Å²) >= 11 is -17.2. The molecule has 0 heterocycles. The molecule has 0 N–H and O–H groups in total. The summed E-state index contributed by atoms with van der Waals surface area (Å²) in [6.07, 6.45) is 0. The Morgan fingerprint density at radius 1 is 0.367 bits per heavy atom. The van der Waals surface area contributed by atoms with Gasteiger partial charge in [0.1, 0.15) is 0 Å². The zero-order chi connectivity index (χ0) is 24.2. The van der Waals surface area contributed by atoms with Gasteiger partial charge in [-0.1, -0.05) is 0 Å². The molecule has 30 heavy (non-hydrogen) atoms. The SMILES string of the molecule is O=[Si]([O-])[O-].O=[Si]([O-])[O-].O=[Si]([O-])[O-].[O]=[Cr](=[O])([O-])[O-].[O]=[Cr](=[O])([O-])[O-].[O]=[Cr](=[O])([O-])[O-].[Pb+2].[Pb+2].[Pb+2]. The molecule has 0 amide bonds. The largest absolute Gasteiger partial charge is 2.00 e. The molecule has 0 unspecified atom stereocenters. The summed E-state index contributed by atoms with van der Waals surface area (Å²) < 4.78 is 129. The van der Waals surface area contributed by atoms with Gasteiger partial charge >= 0.3 is 171 Å². The molecule has 21 nitrogen and oxygen atoms in total. The molecule has 0 saturated heterocycles. The Hall–Kier alpha value is 1.77. The summed E-state index contributed by atoms with van der Waals surface area (Å²) in [4.78, 5) is 51.1. The van der Waals surface area contributed by atoms with E-state index in [2.05, 4.69) is 0 Å². The predicted octanol–water partition coefficient (Wildman–Crippen LogP) is -17.6. The van der Waals surface area contributed by atoms with Crippen LogP contribution >= 0.6 is 0 Å². The molecule has 0 saturated carbocycles. The van der Waals surface area contributed by atoms with Crippen molar-refractivity contribution in [2.75, 3.05) is 0 Å². The number of rotatable bonds is 0. The Kier molecular flexibility index (Phi) is 63.7. The van der Waals surface area contributed by atoms with Crippen molar-refractivity contribution in [3.05, 3.63) is 0 Å². The van der Waals surface area contributed by atoms with Gasteiger partial charge in [0.2, 0.25) is 0 Å². The van der Waals surface area contributed by atoms with Crippen LogP contribution in [0.2, 0.25) is 0 Å². The van der Waals surface area contributed by atoms with E-state index < -0.39 is 68.4 Å². The summed E-state index contributed by atoms with van der Waals surface area (Å²) in [5.74, 6) is 0. The van der Waals surface area contributed by atoms with Crippen molar-refractivity contribution in [1.29, 1.82) is 0 Å². The molecule has 0 aromatic heterocycles. The molecule has 0 bridgehead atoms. The van der Waals surface area contributed by atoms with E-state index in [-0.39, 0.29) is 81.9 Å². The van der Waals surface area contributed by atoms with E-state index in [1.54, 1.807) is 0 Å². The Bertz CT molecular complexity index is 568. The van der Waals surface area contributed by atoms with Gasteiger partial charge in [-0.3, -0.25) is 0 Å². The average Bonchev–Trinajstić information content (AvgIpc) is 2.01. The van der Waals surface area contributed by atoms with Gasteiger partial charge in [0, 0.05) is 27.5 Å². The summed E-state index contributed by atoms with van der Waals surface area (Å²) in [6.45, 7) is 0. The molecule has 174 valence electrons. The van der Waals surface area contributed by atoms with Crippen LogP contribution in [0.25, 0.3) is 0 Å². The van der Waals surface area contributed by atoms with Gasteiger partial charge < -0.3 is 42.2 Å². The first-order valence-electron chi connectivity index (χ1n) is 3.84. The fraction of sp³-hybridized carbons (Fsp3) is 0. The monoisotopic (exact) mass is 1200 g/mol. The zero-order valence-electron chi connectivity index (χ0n) is 12.8. The third-order valence-corrected chi connectivity index (χ3v) is 0. The summed E-state index contributed by atoms with van der Waals surface area (Å²) in [5, 5.41) is 0. The first-order chi connectivity index (χ1) is 11.2. The minimum atomic E-state index is -5.75. The van der Waals surface area contributed by atoms with Gasteiger partial charge in [-0.25, -0.2) is 0 Å². The first-order valence-corrected chi connectivity index (χ1v) is 13.8. The molecule has 6 radical (unpaired) electrons. The number of hydrogen-bond acceptors (Lipinski definition) is 21. The Morgan fingerprint density at radius 2 is 0.367 bits per heavy atom. The van der Waals surface area contributed by atoms with E-state index in [1.807, 2.05) is 0 Å². The smallest absolute Gasteiger partial charge is 2.00 e. The second-order valence-electron chi connectivity index (χ2n) is 1.97. The van der Waals surface area contributed by atoms with Gasteiger partial charge in [0.05, 0.1) is 0 Å². The Balaban J connectivity index is -0.0000000248. The van der Waals surface area contributed by atoms with E-state index in [0.717, 1.165) is 0 Å². The van der Waals surface area contributed by atoms with Gasteiger partial charge in [-0.15, -0.1) is 0 Å². The topological polar surface area (TPSA) is 430 Å². The minimum Gasteiger partial charge on any atom is 2.00 e. The molecule has 0 aliphatic heterocycles. The van der Waals surface area contributed by atoms with Crippen molar-refractivity contribution in [2.24, 2.45) is 0 Å². The first kappa shape index (κ1) is 58.0. The Labute approximate surface area is 237 Å². The fourth-order valence-electron chi connectivity index (χ4n) is 0. The molecule has 0 fully saturated rings. The van der Waals surface area contributed by atoms with Crippen LogP contribution < -0.4 is 53.7 Å². The van der Waals surface area contributed by atoms with E-state index >= 15 is 0 Å². The van der Waals surface area contributed by atoms with Crippen molar-refractivity contribution in [1.82, 2.24) is 0 Å². The zero-order valence-corrected chi connectivity index (χ0v) is 31.3. The van der Waals surface area contributed by atoms with Crippen molar-refractivity contribution in [3.8, 4) is 0 Å². The van der Waals surface area contributed by atoms with E-state index in [0.29, 0.717) is 0 Å². The minimum absolute atomic E-state index is 0. The third kappa shape index (κ3) is 7830. The van der Waals surface area contributed by atoms with E-state index in [1.165, 1.54) is 0 Å². The van der Waals surface area contributed by atoms with Gasteiger partial charge in [0.25, 0.3) is 0 Å². The normalized spacial score (nSPS) is 8.20. The van der Waals surface area contributed by atoms with Crippen molar-refractivity contribution in [2.45, 2.75) is 0 Å². The molecule has 0 atom stereocenters. The van der Waals surface area contributed by atoms with Crippen molar-refractivity contribution >= 4 is 109 Å². The van der Waals surface area contributed by atoms with Crippen molar-refractivity contribution < 1.29 is 131 Å². The summed E-state index contributed by atoms with van der Waals surface area (Å²) in [7, 11) is -10.9. The second kappa shape index (κ2) is 33.0. The maximum absolute atomic E-state index is 8.59.